The van der Waals surface area contributed by atoms with Crippen molar-refractivity contribution in [3.05, 3.63) is 65.9 Å². The Labute approximate surface area is 139 Å². The summed E-state index contributed by atoms with van der Waals surface area (Å²) in [5, 5.41) is 6.56. The molecular formula is C18H16FN5. The zero-order chi connectivity index (χ0) is 16.4. The molecule has 0 amide bonds. The molecular weight excluding hydrogens is 305 g/mol. The Morgan fingerprint density at radius 1 is 1.12 bits per heavy atom. The van der Waals surface area contributed by atoms with Crippen LogP contribution in [0.2, 0.25) is 0 Å². The second-order valence-electron chi connectivity index (χ2n) is 5.62. The standard InChI is InChI=1S/C18H16FN5/c19-13-4-1-5-14(9-13)22-18-15-11-21-8-6-16(15)23-17(24-18)12-3-2-7-20-10-12/h1-5,7,9-10,21H,6,8,11H2,(H,22,23,24). The highest BCUT2D eigenvalue weighted by atomic mass is 19.1. The number of benzene rings is 1. The lowest BCUT2D eigenvalue weighted by molar-refractivity contribution is 0.627. The summed E-state index contributed by atoms with van der Waals surface area (Å²) in [6.45, 7) is 1.58. The molecule has 3 heterocycles. The normalized spacial score (nSPS) is 13.4. The van der Waals surface area contributed by atoms with Crippen LogP contribution >= 0.6 is 0 Å². The van der Waals surface area contributed by atoms with Gasteiger partial charge >= 0.3 is 0 Å². The zero-order valence-electron chi connectivity index (χ0n) is 13.0. The van der Waals surface area contributed by atoms with Crippen molar-refractivity contribution < 1.29 is 4.39 Å². The Kier molecular flexibility index (Phi) is 3.88. The van der Waals surface area contributed by atoms with E-state index in [1.54, 1.807) is 18.5 Å². The average molecular weight is 321 g/mol. The quantitative estimate of drug-likeness (QED) is 0.776. The van der Waals surface area contributed by atoms with Crippen molar-refractivity contribution in [1.29, 1.82) is 0 Å². The molecule has 0 saturated carbocycles. The van der Waals surface area contributed by atoms with Crippen molar-refractivity contribution in [2.24, 2.45) is 0 Å². The third-order valence-corrected chi connectivity index (χ3v) is 3.94. The largest absolute Gasteiger partial charge is 0.340 e. The fraction of sp³-hybridized carbons (Fsp3) is 0.167. The Hall–Kier alpha value is -2.86. The van der Waals surface area contributed by atoms with E-state index < -0.39 is 0 Å². The number of pyridine rings is 1. The lowest BCUT2D eigenvalue weighted by Crippen LogP contribution is -2.26. The van der Waals surface area contributed by atoms with Crippen LogP contribution in [0.15, 0.2) is 48.8 Å². The van der Waals surface area contributed by atoms with Crippen LogP contribution in [0.25, 0.3) is 11.4 Å². The van der Waals surface area contributed by atoms with Crippen molar-refractivity contribution in [2.45, 2.75) is 13.0 Å². The van der Waals surface area contributed by atoms with Crippen LogP contribution in [-0.2, 0) is 13.0 Å². The predicted molar refractivity (Wildman–Crippen MR) is 90.4 cm³/mol. The van der Waals surface area contributed by atoms with Crippen molar-refractivity contribution in [2.75, 3.05) is 11.9 Å². The zero-order valence-corrected chi connectivity index (χ0v) is 13.0. The Bertz CT molecular complexity index is 867. The van der Waals surface area contributed by atoms with Crippen molar-refractivity contribution in [1.82, 2.24) is 20.3 Å². The highest BCUT2D eigenvalue weighted by molar-refractivity contribution is 5.64. The number of nitrogens with one attached hydrogen (secondary N) is 2. The summed E-state index contributed by atoms with van der Waals surface area (Å²) in [4.78, 5) is 13.5. The molecule has 0 aliphatic carbocycles. The van der Waals surface area contributed by atoms with E-state index in [1.165, 1.54) is 12.1 Å². The van der Waals surface area contributed by atoms with Gasteiger partial charge in [0.2, 0.25) is 0 Å². The summed E-state index contributed by atoms with van der Waals surface area (Å²) in [6.07, 6.45) is 4.30. The number of fused-ring (bicyclic) bond motifs is 1. The van der Waals surface area contributed by atoms with E-state index >= 15 is 0 Å². The van der Waals surface area contributed by atoms with Gasteiger partial charge in [0.25, 0.3) is 0 Å². The van der Waals surface area contributed by atoms with Crippen LogP contribution < -0.4 is 10.6 Å². The molecule has 4 rings (SSSR count). The van der Waals surface area contributed by atoms with Gasteiger partial charge in [-0.3, -0.25) is 4.98 Å². The maximum atomic E-state index is 13.5. The SMILES string of the molecule is Fc1cccc(Nc2nc(-c3cccnc3)nc3c2CNCC3)c1. The number of aromatic nitrogens is 3. The summed E-state index contributed by atoms with van der Waals surface area (Å²) >= 11 is 0. The van der Waals surface area contributed by atoms with Gasteiger partial charge in [-0.2, -0.15) is 0 Å². The topological polar surface area (TPSA) is 62.7 Å². The molecule has 0 unspecified atom stereocenters. The van der Waals surface area contributed by atoms with Gasteiger partial charge in [0.1, 0.15) is 11.6 Å². The van der Waals surface area contributed by atoms with Crippen LogP contribution in [0.5, 0.6) is 0 Å². The second-order valence-corrected chi connectivity index (χ2v) is 5.62. The molecule has 0 fully saturated rings. The molecule has 0 saturated heterocycles. The number of hydrogen-bond acceptors (Lipinski definition) is 5. The van der Waals surface area contributed by atoms with Gasteiger partial charge in [-0.1, -0.05) is 6.07 Å². The summed E-state index contributed by atoms with van der Waals surface area (Å²) < 4.78 is 13.5. The molecule has 120 valence electrons. The minimum absolute atomic E-state index is 0.284. The predicted octanol–water partition coefficient (Wildman–Crippen LogP) is 3.07. The fourth-order valence-corrected chi connectivity index (χ4v) is 2.77. The number of rotatable bonds is 3. The first-order valence-corrected chi connectivity index (χ1v) is 7.83. The van der Waals surface area contributed by atoms with Gasteiger partial charge in [-0.15, -0.1) is 0 Å². The van der Waals surface area contributed by atoms with Crippen molar-refractivity contribution in [3.63, 3.8) is 0 Å². The molecule has 0 radical (unpaired) electrons. The number of hydrogen-bond donors (Lipinski definition) is 2. The Morgan fingerprint density at radius 3 is 2.92 bits per heavy atom. The van der Waals surface area contributed by atoms with Crippen LogP contribution in [-0.4, -0.2) is 21.5 Å². The fourth-order valence-electron chi connectivity index (χ4n) is 2.77. The van der Waals surface area contributed by atoms with E-state index in [2.05, 4.69) is 20.6 Å². The van der Waals surface area contributed by atoms with Crippen molar-refractivity contribution >= 4 is 11.5 Å². The molecule has 0 bridgehead atoms. The smallest absolute Gasteiger partial charge is 0.163 e. The average Bonchev–Trinajstić information content (AvgIpc) is 2.62. The first-order chi connectivity index (χ1) is 11.8. The van der Waals surface area contributed by atoms with Gasteiger partial charge in [-0.25, -0.2) is 14.4 Å². The van der Waals surface area contributed by atoms with Crippen molar-refractivity contribution in [3.8, 4) is 11.4 Å². The number of halogens is 1. The molecule has 5 nitrogen and oxygen atoms in total. The molecule has 24 heavy (non-hydrogen) atoms. The third kappa shape index (κ3) is 2.96. The van der Waals surface area contributed by atoms with Crippen LogP contribution in [0.4, 0.5) is 15.9 Å². The molecule has 2 aromatic heterocycles. The van der Waals surface area contributed by atoms with E-state index in [1.807, 2.05) is 18.2 Å². The molecule has 1 aliphatic rings. The van der Waals surface area contributed by atoms with Gasteiger partial charge in [-0.05, 0) is 30.3 Å². The lowest BCUT2D eigenvalue weighted by atomic mass is 10.1. The summed E-state index contributed by atoms with van der Waals surface area (Å²) in [6, 6.07) is 10.2. The molecule has 1 aliphatic heterocycles. The monoisotopic (exact) mass is 321 g/mol. The molecule has 0 spiro atoms. The van der Waals surface area contributed by atoms with E-state index in [0.29, 0.717) is 23.9 Å². The van der Waals surface area contributed by atoms with Gasteiger partial charge in [0.15, 0.2) is 5.82 Å². The van der Waals surface area contributed by atoms with Gasteiger partial charge in [0.05, 0.1) is 5.69 Å². The van der Waals surface area contributed by atoms with Crippen LogP contribution in [0.3, 0.4) is 0 Å². The summed E-state index contributed by atoms with van der Waals surface area (Å²) in [5.41, 5.74) is 3.57. The first kappa shape index (κ1) is 14.7. The minimum atomic E-state index is -0.284. The van der Waals surface area contributed by atoms with E-state index in [4.69, 9.17) is 4.98 Å². The Morgan fingerprint density at radius 2 is 2.08 bits per heavy atom. The third-order valence-electron chi connectivity index (χ3n) is 3.94. The van der Waals surface area contributed by atoms with E-state index in [0.717, 1.165) is 29.8 Å². The number of anilines is 2. The second kappa shape index (κ2) is 6.33. The highest BCUT2D eigenvalue weighted by Gasteiger charge is 2.18. The molecule has 6 heteroatoms. The molecule has 2 N–H and O–H groups in total. The summed E-state index contributed by atoms with van der Waals surface area (Å²) in [7, 11) is 0. The summed E-state index contributed by atoms with van der Waals surface area (Å²) in [5.74, 6) is 1.05. The molecule has 1 aromatic carbocycles. The van der Waals surface area contributed by atoms with E-state index in [-0.39, 0.29) is 5.82 Å². The Balaban J connectivity index is 1.79. The van der Waals surface area contributed by atoms with Crippen LogP contribution in [0, 0.1) is 5.82 Å². The minimum Gasteiger partial charge on any atom is -0.340 e. The van der Waals surface area contributed by atoms with Crippen LogP contribution in [0.1, 0.15) is 11.3 Å². The lowest BCUT2D eigenvalue weighted by Gasteiger charge is -2.20. The van der Waals surface area contributed by atoms with Gasteiger partial charge < -0.3 is 10.6 Å². The van der Waals surface area contributed by atoms with Gasteiger partial charge in [0, 0.05) is 48.7 Å². The highest BCUT2D eigenvalue weighted by Crippen LogP contribution is 2.27. The maximum Gasteiger partial charge on any atom is 0.163 e. The molecule has 3 aromatic rings. The maximum absolute atomic E-state index is 13.5. The first-order valence-electron chi connectivity index (χ1n) is 7.83. The molecule has 0 atom stereocenters. The number of nitrogens with zero attached hydrogens (tertiary/aromatic N) is 3. The van der Waals surface area contributed by atoms with E-state index in [9.17, 15) is 4.39 Å².